The van der Waals surface area contributed by atoms with Crippen molar-refractivity contribution in [3.8, 4) is 22.5 Å². The summed E-state index contributed by atoms with van der Waals surface area (Å²) in [4.78, 5) is 21.7. The number of nitrogens with one attached hydrogen (secondary N) is 1. The van der Waals surface area contributed by atoms with Crippen LogP contribution < -0.4 is 5.32 Å². The number of aliphatic hydroxyl groups excluding tert-OH is 1. The van der Waals surface area contributed by atoms with Crippen LogP contribution in [0.25, 0.3) is 28.2 Å². The summed E-state index contributed by atoms with van der Waals surface area (Å²) in [6.45, 7) is 0.397. The van der Waals surface area contributed by atoms with Crippen molar-refractivity contribution in [3.63, 3.8) is 0 Å². The Morgan fingerprint density at radius 1 is 1.06 bits per heavy atom. The summed E-state index contributed by atoms with van der Waals surface area (Å²) in [5.41, 5.74) is 5.16. The van der Waals surface area contributed by atoms with E-state index in [1.807, 2.05) is 71.4 Å². The number of aliphatic hydroxyl groups is 1. The number of benzene rings is 2. The van der Waals surface area contributed by atoms with Gasteiger partial charge in [-0.1, -0.05) is 54.6 Å². The Balaban J connectivity index is 1.54. The number of aromatic nitrogens is 3. The van der Waals surface area contributed by atoms with E-state index in [1.54, 1.807) is 0 Å². The summed E-state index contributed by atoms with van der Waals surface area (Å²) < 4.78 is 2.01. The van der Waals surface area contributed by atoms with Gasteiger partial charge in [0.1, 0.15) is 0 Å². The van der Waals surface area contributed by atoms with Gasteiger partial charge in [-0.05, 0) is 18.8 Å². The van der Waals surface area contributed by atoms with Crippen molar-refractivity contribution in [2.75, 3.05) is 18.5 Å². The van der Waals surface area contributed by atoms with E-state index in [1.165, 1.54) is 12.8 Å². The molecule has 0 unspecified atom stereocenters. The smallest absolute Gasteiger partial charge is 0.180 e. The Labute approximate surface area is 180 Å². The van der Waals surface area contributed by atoms with Gasteiger partial charge in [0, 0.05) is 35.9 Å². The SMILES string of the molecule is O=C(CC1CC1)c1ccc(-c2cnc3c(NCCO)nc(-c4ccccc4)cn23)cc1. The first-order valence-electron chi connectivity index (χ1n) is 10.6. The number of fused-ring (bicyclic) bond motifs is 1. The van der Waals surface area contributed by atoms with Gasteiger partial charge in [0.25, 0.3) is 0 Å². The Morgan fingerprint density at radius 3 is 2.55 bits per heavy atom. The predicted molar refractivity (Wildman–Crippen MR) is 121 cm³/mol. The van der Waals surface area contributed by atoms with Crippen molar-refractivity contribution in [3.05, 3.63) is 72.6 Å². The third-order valence-corrected chi connectivity index (χ3v) is 5.64. The Bertz CT molecular complexity index is 1210. The quantitative estimate of drug-likeness (QED) is 0.418. The highest BCUT2D eigenvalue weighted by molar-refractivity contribution is 5.96. The lowest BCUT2D eigenvalue weighted by Gasteiger charge is -2.11. The maximum atomic E-state index is 12.4. The number of ketones is 1. The van der Waals surface area contributed by atoms with E-state index in [2.05, 4.69) is 10.3 Å². The van der Waals surface area contributed by atoms with Gasteiger partial charge in [-0.25, -0.2) is 9.97 Å². The Hall–Kier alpha value is -3.51. The number of hydrogen-bond donors (Lipinski definition) is 2. The third-order valence-electron chi connectivity index (χ3n) is 5.64. The Kier molecular flexibility index (Phi) is 5.22. The van der Waals surface area contributed by atoms with E-state index < -0.39 is 0 Å². The zero-order chi connectivity index (χ0) is 21.2. The molecule has 0 spiro atoms. The van der Waals surface area contributed by atoms with Crippen molar-refractivity contribution in [2.45, 2.75) is 19.3 Å². The van der Waals surface area contributed by atoms with Gasteiger partial charge < -0.3 is 10.4 Å². The maximum Gasteiger partial charge on any atom is 0.180 e. The van der Waals surface area contributed by atoms with Crippen LogP contribution in [-0.2, 0) is 0 Å². The van der Waals surface area contributed by atoms with Crippen LogP contribution >= 0.6 is 0 Å². The highest BCUT2D eigenvalue weighted by atomic mass is 16.3. The summed E-state index contributed by atoms with van der Waals surface area (Å²) in [6.07, 6.45) is 6.80. The fourth-order valence-electron chi connectivity index (χ4n) is 3.77. The van der Waals surface area contributed by atoms with E-state index >= 15 is 0 Å². The maximum absolute atomic E-state index is 12.4. The summed E-state index contributed by atoms with van der Waals surface area (Å²) >= 11 is 0. The van der Waals surface area contributed by atoms with E-state index in [9.17, 15) is 9.90 Å². The van der Waals surface area contributed by atoms with Gasteiger partial charge in [-0.2, -0.15) is 0 Å². The highest BCUT2D eigenvalue weighted by Crippen LogP contribution is 2.34. The third kappa shape index (κ3) is 4.07. The minimum absolute atomic E-state index is 0.00726. The fourth-order valence-corrected chi connectivity index (χ4v) is 3.77. The summed E-state index contributed by atoms with van der Waals surface area (Å²) in [5, 5.41) is 12.4. The molecule has 156 valence electrons. The molecule has 2 aromatic heterocycles. The van der Waals surface area contributed by atoms with E-state index in [0.717, 1.165) is 28.1 Å². The minimum atomic E-state index is 0.00726. The van der Waals surface area contributed by atoms with Crippen molar-refractivity contribution < 1.29 is 9.90 Å². The number of carbonyl (C=O) groups is 1. The first-order chi connectivity index (χ1) is 15.2. The predicted octanol–water partition coefficient (Wildman–Crippen LogP) is 4.45. The monoisotopic (exact) mass is 412 g/mol. The molecule has 1 aliphatic carbocycles. The number of nitrogens with zero attached hydrogens (tertiary/aromatic N) is 3. The molecule has 0 radical (unpaired) electrons. The van der Waals surface area contributed by atoms with Crippen molar-refractivity contribution >= 4 is 17.2 Å². The van der Waals surface area contributed by atoms with E-state index in [0.29, 0.717) is 30.3 Å². The normalized spacial score (nSPS) is 13.5. The van der Waals surface area contributed by atoms with Gasteiger partial charge in [0.2, 0.25) is 0 Å². The van der Waals surface area contributed by atoms with Crippen LogP contribution in [0.3, 0.4) is 0 Å². The first-order valence-corrected chi connectivity index (χ1v) is 10.6. The molecule has 6 heteroatoms. The zero-order valence-electron chi connectivity index (χ0n) is 17.2. The second-order valence-corrected chi connectivity index (χ2v) is 7.98. The molecule has 0 aliphatic heterocycles. The molecule has 0 atom stereocenters. The highest BCUT2D eigenvalue weighted by Gasteiger charge is 2.25. The van der Waals surface area contributed by atoms with Crippen LogP contribution in [0.4, 0.5) is 5.82 Å². The first kappa shape index (κ1) is 19.5. The molecule has 2 heterocycles. The summed E-state index contributed by atoms with van der Waals surface area (Å²) in [7, 11) is 0. The molecule has 0 bridgehead atoms. The number of anilines is 1. The number of rotatable bonds is 8. The van der Waals surface area contributed by atoms with Crippen molar-refractivity contribution in [1.82, 2.24) is 14.4 Å². The van der Waals surface area contributed by atoms with Gasteiger partial charge in [-0.3, -0.25) is 9.20 Å². The lowest BCUT2D eigenvalue weighted by molar-refractivity contribution is 0.0976. The molecule has 4 aromatic rings. The van der Waals surface area contributed by atoms with E-state index in [-0.39, 0.29) is 12.4 Å². The van der Waals surface area contributed by atoms with Crippen LogP contribution in [0.2, 0.25) is 0 Å². The van der Waals surface area contributed by atoms with Crippen molar-refractivity contribution in [2.24, 2.45) is 5.92 Å². The van der Waals surface area contributed by atoms with Crippen LogP contribution in [0.5, 0.6) is 0 Å². The molecule has 0 saturated heterocycles. The van der Waals surface area contributed by atoms with E-state index in [4.69, 9.17) is 4.98 Å². The second kappa shape index (κ2) is 8.32. The van der Waals surface area contributed by atoms with Gasteiger partial charge in [0.15, 0.2) is 17.2 Å². The Morgan fingerprint density at radius 2 is 1.84 bits per heavy atom. The molecular weight excluding hydrogens is 388 g/mol. The second-order valence-electron chi connectivity index (χ2n) is 7.98. The molecule has 1 saturated carbocycles. The van der Waals surface area contributed by atoms with Crippen LogP contribution in [0.15, 0.2) is 67.0 Å². The van der Waals surface area contributed by atoms with Crippen molar-refractivity contribution in [1.29, 1.82) is 0 Å². The molecule has 2 aromatic carbocycles. The number of imidazole rings is 1. The molecule has 2 N–H and O–H groups in total. The number of hydrogen-bond acceptors (Lipinski definition) is 5. The summed E-state index contributed by atoms with van der Waals surface area (Å²) in [5.74, 6) is 1.43. The average Bonchev–Trinajstić information content (AvgIpc) is 3.53. The van der Waals surface area contributed by atoms with Crippen LogP contribution in [-0.4, -0.2) is 38.4 Å². The van der Waals surface area contributed by atoms with Crippen LogP contribution in [0.1, 0.15) is 29.6 Å². The number of carbonyl (C=O) groups excluding carboxylic acids is 1. The molecule has 1 fully saturated rings. The summed E-state index contributed by atoms with van der Waals surface area (Å²) in [6, 6.07) is 17.7. The topological polar surface area (TPSA) is 79.5 Å². The molecule has 31 heavy (non-hydrogen) atoms. The van der Waals surface area contributed by atoms with Gasteiger partial charge >= 0.3 is 0 Å². The largest absolute Gasteiger partial charge is 0.395 e. The molecule has 6 nitrogen and oxygen atoms in total. The molecule has 0 amide bonds. The molecule has 1 aliphatic rings. The lowest BCUT2D eigenvalue weighted by atomic mass is 10.0. The fraction of sp³-hybridized carbons (Fsp3) is 0.240. The van der Waals surface area contributed by atoms with Crippen LogP contribution in [0, 0.1) is 5.92 Å². The standard InChI is InChI=1S/C25H24N4O2/c30-13-12-26-24-25-27-15-22(29(25)16-21(28-24)18-4-2-1-3-5-18)19-8-10-20(11-9-19)23(31)14-17-6-7-17/h1-5,8-11,15-17,30H,6-7,12-14H2,(H,26,28). The molecular formula is C25H24N4O2. The minimum Gasteiger partial charge on any atom is -0.395 e. The number of Topliss-reactive ketones (excluding diaryl/α,β-unsaturated/α-hetero) is 1. The van der Waals surface area contributed by atoms with Gasteiger partial charge in [-0.15, -0.1) is 0 Å². The van der Waals surface area contributed by atoms with Gasteiger partial charge in [0.05, 0.1) is 24.2 Å². The molecule has 5 rings (SSSR count). The average molecular weight is 412 g/mol. The lowest BCUT2D eigenvalue weighted by Crippen LogP contribution is -2.09. The zero-order valence-corrected chi connectivity index (χ0v) is 17.2.